The SMILES string of the molecule is CC(C)NCc1cccc(Cl)c1N1CCCC(C)C1C. The smallest absolute Gasteiger partial charge is 0.0643 e. The molecule has 0 bridgehead atoms. The Labute approximate surface area is 128 Å². The molecular formula is C17H27ClN2. The molecule has 0 aliphatic carbocycles. The predicted molar refractivity (Wildman–Crippen MR) is 88.6 cm³/mol. The van der Waals surface area contributed by atoms with Crippen molar-refractivity contribution in [1.82, 2.24) is 5.32 Å². The van der Waals surface area contributed by atoms with Crippen LogP contribution in [0.2, 0.25) is 5.02 Å². The molecule has 1 N–H and O–H groups in total. The minimum absolute atomic E-state index is 0.486. The van der Waals surface area contributed by atoms with Crippen molar-refractivity contribution < 1.29 is 0 Å². The molecule has 0 aromatic heterocycles. The molecule has 0 amide bonds. The van der Waals surface area contributed by atoms with Crippen LogP contribution in [-0.4, -0.2) is 18.6 Å². The minimum atomic E-state index is 0.486. The molecule has 20 heavy (non-hydrogen) atoms. The number of hydrogen-bond acceptors (Lipinski definition) is 2. The lowest BCUT2D eigenvalue weighted by atomic mass is 9.91. The lowest BCUT2D eigenvalue weighted by molar-refractivity contribution is 0.363. The van der Waals surface area contributed by atoms with Gasteiger partial charge in [-0.05, 0) is 37.3 Å². The number of halogens is 1. The van der Waals surface area contributed by atoms with Crippen LogP contribution in [0.1, 0.15) is 46.1 Å². The largest absolute Gasteiger partial charge is 0.367 e. The normalized spacial score (nSPS) is 23.4. The van der Waals surface area contributed by atoms with E-state index >= 15 is 0 Å². The van der Waals surface area contributed by atoms with E-state index in [9.17, 15) is 0 Å². The van der Waals surface area contributed by atoms with E-state index in [-0.39, 0.29) is 0 Å². The summed E-state index contributed by atoms with van der Waals surface area (Å²) in [4.78, 5) is 2.51. The highest BCUT2D eigenvalue weighted by Crippen LogP contribution is 2.36. The highest BCUT2D eigenvalue weighted by molar-refractivity contribution is 6.33. The maximum atomic E-state index is 6.52. The van der Waals surface area contributed by atoms with Crippen LogP contribution in [-0.2, 0) is 6.54 Å². The van der Waals surface area contributed by atoms with Crippen LogP contribution < -0.4 is 10.2 Å². The van der Waals surface area contributed by atoms with Crippen molar-refractivity contribution in [2.24, 2.45) is 5.92 Å². The molecule has 0 spiro atoms. The van der Waals surface area contributed by atoms with Gasteiger partial charge < -0.3 is 10.2 Å². The molecule has 1 saturated heterocycles. The van der Waals surface area contributed by atoms with Crippen molar-refractivity contribution in [3.05, 3.63) is 28.8 Å². The number of piperidine rings is 1. The summed E-state index contributed by atoms with van der Waals surface area (Å²) in [5.74, 6) is 0.728. The standard InChI is InChI=1S/C17H27ClN2/c1-12(2)19-11-15-8-5-9-16(18)17(15)20-10-6-7-13(3)14(20)4/h5,8-9,12-14,19H,6-7,10-11H2,1-4H3. The van der Waals surface area contributed by atoms with Crippen LogP contribution in [0.5, 0.6) is 0 Å². The van der Waals surface area contributed by atoms with E-state index in [0.717, 1.165) is 24.0 Å². The molecule has 1 heterocycles. The third-order valence-corrected chi connectivity index (χ3v) is 4.74. The summed E-state index contributed by atoms with van der Waals surface area (Å²) >= 11 is 6.52. The predicted octanol–water partition coefficient (Wildman–Crippen LogP) is 4.46. The maximum absolute atomic E-state index is 6.52. The fraction of sp³-hybridized carbons (Fsp3) is 0.647. The second-order valence-electron chi connectivity index (χ2n) is 6.34. The molecule has 1 fully saturated rings. The molecule has 1 aromatic rings. The van der Waals surface area contributed by atoms with Crippen molar-refractivity contribution in [1.29, 1.82) is 0 Å². The van der Waals surface area contributed by atoms with Crippen molar-refractivity contribution in [3.63, 3.8) is 0 Å². The van der Waals surface area contributed by atoms with Crippen LogP contribution >= 0.6 is 11.6 Å². The fourth-order valence-electron chi connectivity index (χ4n) is 2.99. The summed E-state index contributed by atoms with van der Waals surface area (Å²) in [5.41, 5.74) is 2.55. The number of nitrogens with zero attached hydrogens (tertiary/aromatic N) is 1. The van der Waals surface area contributed by atoms with Crippen molar-refractivity contribution in [2.45, 2.75) is 59.2 Å². The van der Waals surface area contributed by atoms with Crippen LogP contribution in [0.3, 0.4) is 0 Å². The first-order valence-electron chi connectivity index (χ1n) is 7.78. The first-order valence-corrected chi connectivity index (χ1v) is 8.16. The van der Waals surface area contributed by atoms with Gasteiger partial charge in [0.25, 0.3) is 0 Å². The van der Waals surface area contributed by atoms with E-state index in [2.05, 4.69) is 50.0 Å². The van der Waals surface area contributed by atoms with Crippen LogP contribution in [0, 0.1) is 5.92 Å². The monoisotopic (exact) mass is 294 g/mol. The first-order chi connectivity index (χ1) is 9.50. The number of anilines is 1. The Hall–Kier alpha value is -0.730. The second-order valence-corrected chi connectivity index (χ2v) is 6.74. The molecule has 3 heteroatoms. The number of benzene rings is 1. The lowest BCUT2D eigenvalue weighted by Gasteiger charge is -2.41. The van der Waals surface area contributed by atoms with E-state index < -0.39 is 0 Å². The summed E-state index contributed by atoms with van der Waals surface area (Å²) in [7, 11) is 0. The Morgan fingerprint density at radius 3 is 2.80 bits per heavy atom. The van der Waals surface area contributed by atoms with Gasteiger partial charge in [-0.2, -0.15) is 0 Å². The zero-order chi connectivity index (χ0) is 14.7. The van der Waals surface area contributed by atoms with E-state index in [4.69, 9.17) is 11.6 Å². The molecule has 0 radical (unpaired) electrons. The molecule has 1 aliphatic rings. The third-order valence-electron chi connectivity index (χ3n) is 4.43. The van der Waals surface area contributed by atoms with Crippen LogP contribution in [0.25, 0.3) is 0 Å². The van der Waals surface area contributed by atoms with Gasteiger partial charge in [0, 0.05) is 25.2 Å². The fourth-order valence-corrected chi connectivity index (χ4v) is 3.29. The average Bonchev–Trinajstić information content (AvgIpc) is 2.40. The summed E-state index contributed by atoms with van der Waals surface area (Å²) in [6, 6.07) is 7.31. The number of para-hydroxylation sites is 1. The second kappa shape index (κ2) is 6.82. The molecule has 2 rings (SSSR count). The molecular weight excluding hydrogens is 268 g/mol. The number of hydrogen-bond donors (Lipinski definition) is 1. The van der Waals surface area contributed by atoms with Crippen molar-refractivity contribution in [3.8, 4) is 0 Å². The summed E-state index contributed by atoms with van der Waals surface area (Å²) < 4.78 is 0. The van der Waals surface area contributed by atoms with Gasteiger partial charge >= 0.3 is 0 Å². The van der Waals surface area contributed by atoms with Gasteiger partial charge in [-0.25, -0.2) is 0 Å². The Kier molecular flexibility index (Phi) is 5.34. The van der Waals surface area contributed by atoms with Gasteiger partial charge in [0.1, 0.15) is 0 Å². The number of rotatable bonds is 4. The molecule has 2 unspecified atom stereocenters. The van der Waals surface area contributed by atoms with E-state index in [1.807, 2.05) is 6.07 Å². The van der Waals surface area contributed by atoms with E-state index in [0.29, 0.717) is 12.1 Å². The highest BCUT2D eigenvalue weighted by atomic mass is 35.5. The molecule has 112 valence electrons. The summed E-state index contributed by atoms with van der Waals surface area (Å²) in [6.07, 6.45) is 2.58. The van der Waals surface area contributed by atoms with Gasteiger partial charge in [-0.1, -0.05) is 44.5 Å². The maximum Gasteiger partial charge on any atom is 0.0643 e. The topological polar surface area (TPSA) is 15.3 Å². The van der Waals surface area contributed by atoms with Gasteiger partial charge in [-0.15, -0.1) is 0 Å². The molecule has 1 aromatic carbocycles. The molecule has 2 nitrogen and oxygen atoms in total. The molecule has 0 saturated carbocycles. The van der Waals surface area contributed by atoms with Gasteiger partial charge in [0.15, 0.2) is 0 Å². The van der Waals surface area contributed by atoms with E-state index in [1.54, 1.807) is 0 Å². The lowest BCUT2D eigenvalue weighted by Crippen LogP contribution is -2.43. The quantitative estimate of drug-likeness (QED) is 0.882. The number of nitrogens with one attached hydrogen (secondary N) is 1. The average molecular weight is 295 g/mol. The molecule has 1 aliphatic heterocycles. The molecule has 2 atom stereocenters. The van der Waals surface area contributed by atoms with Crippen LogP contribution in [0.4, 0.5) is 5.69 Å². The zero-order valence-corrected chi connectivity index (χ0v) is 13.9. The van der Waals surface area contributed by atoms with Crippen LogP contribution in [0.15, 0.2) is 18.2 Å². The van der Waals surface area contributed by atoms with Gasteiger partial charge in [0.05, 0.1) is 10.7 Å². The third kappa shape index (κ3) is 3.48. The van der Waals surface area contributed by atoms with E-state index in [1.165, 1.54) is 24.1 Å². The Morgan fingerprint density at radius 2 is 2.10 bits per heavy atom. The Bertz CT molecular complexity index is 445. The Balaban J connectivity index is 2.29. The zero-order valence-electron chi connectivity index (χ0n) is 13.1. The summed E-state index contributed by atoms with van der Waals surface area (Å²) in [6.45, 7) is 11.0. The minimum Gasteiger partial charge on any atom is -0.367 e. The highest BCUT2D eigenvalue weighted by Gasteiger charge is 2.27. The van der Waals surface area contributed by atoms with Crippen molar-refractivity contribution in [2.75, 3.05) is 11.4 Å². The Morgan fingerprint density at radius 1 is 1.35 bits per heavy atom. The summed E-state index contributed by atoms with van der Waals surface area (Å²) in [5, 5.41) is 4.39. The van der Waals surface area contributed by atoms with Gasteiger partial charge in [-0.3, -0.25) is 0 Å². The van der Waals surface area contributed by atoms with Gasteiger partial charge in [0.2, 0.25) is 0 Å². The first kappa shape index (κ1) is 15.7. The van der Waals surface area contributed by atoms with Crippen molar-refractivity contribution >= 4 is 17.3 Å².